The SMILES string of the molecule is COC(=O)CCCNC(=O)C(Cc1ccccc1)NC(=O)c1ccc(Cl)cc1. The van der Waals surface area contributed by atoms with Gasteiger partial charge in [-0.15, -0.1) is 0 Å². The van der Waals surface area contributed by atoms with Crippen LogP contribution in [0.15, 0.2) is 54.6 Å². The molecule has 0 aliphatic carbocycles. The molecular formula is C21H23ClN2O4. The lowest BCUT2D eigenvalue weighted by atomic mass is 10.0. The lowest BCUT2D eigenvalue weighted by Gasteiger charge is -2.19. The highest BCUT2D eigenvalue weighted by molar-refractivity contribution is 6.30. The maximum absolute atomic E-state index is 12.6. The average molecular weight is 403 g/mol. The third kappa shape index (κ3) is 7.04. The molecule has 2 amide bonds. The first-order chi connectivity index (χ1) is 13.5. The van der Waals surface area contributed by atoms with Gasteiger partial charge in [0.25, 0.3) is 5.91 Å². The summed E-state index contributed by atoms with van der Waals surface area (Å²) in [6, 6.07) is 15.1. The van der Waals surface area contributed by atoms with Gasteiger partial charge in [-0.2, -0.15) is 0 Å². The molecule has 1 unspecified atom stereocenters. The number of halogens is 1. The number of methoxy groups -OCH3 is 1. The zero-order valence-electron chi connectivity index (χ0n) is 15.6. The molecule has 0 aliphatic rings. The second kappa shape index (κ2) is 11.1. The molecule has 2 N–H and O–H groups in total. The first kappa shape index (κ1) is 21.4. The molecule has 0 aliphatic heterocycles. The molecule has 6 nitrogen and oxygen atoms in total. The molecular weight excluding hydrogens is 380 g/mol. The Kier molecular flexibility index (Phi) is 8.49. The molecule has 2 aromatic rings. The summed E-state index contributed by atoms with van der Waals surface area (Å²) in [7, 11) is 1.32. The highest BCUT2D eigenvalue weighted by atomic mass is 35.5. The highest BCUT2D eigenvalue weighted by Gasteiger charge is 2.21. The van der Waals surface area contributed by atoms with Gasteiger partial charge in [0.15, 0.2) is 0 Å². The van der Waals surface area contributed by atoms with Crippen LogP contribution in [-0.2, 0) is 20.7 Å². The van der Waals surface area contributed by atoms with Gasteiger partial charge in [0.05, 0.1) is 7.11 Å². The van der Waals surface area contributed by atoms with Crippen molar-refractivity contribution in [1.82, 2.24) is 10.6 Å². The number of rotatable bonds is 9. The minimum absolute atomic E-state index is 0.220. The van der Waals surface area contributed by atoms with Gasteiger partial charge in [-0.1, -0.05) is 41.9 Å². The minimum atomic E-state index is -0.747. The van der Waals surface area contributed by atoms with E-state index in [9.17, 15) is 14.4 Å². The number of ether oxygens (including phenoxy) is 1. The fourth-order valence-electron chi connectivity index (χ4n) is 2.57. The second-order valence-electron chi connectivity index (χ2n) is 6.19. The van der Waals surface area contributed by atoms with Gasteiger partial charge in [0, 0.05) is 30.0 Å². The second-order valence-corrected chi connectivity index (χ2v) is 6.63. The summed E-state index contributed by atoms with van der Waals surface area (Å²) in [4.78, 5) is 36.3. The molecule has 0 heterocycles. The Morgan fingerprint density at radius 1 is 1.04 bits per heavy atom. The summed E-state index contributed by atoms with van der Waals surface area (Å²) >= 11 is 5.85. The molecule has 2 rings (SSSR count). The molecule has 0 radical (unpaired) electrons. The van der Waals surface area contributed by atoms with E-state index in [4.69, 9.17) is 11.6 Å². The first-order valence-corrected chi connectivity index (χ1v) is 9.32. The van der Waals surface area contributed by atoms with Gasteiger partial charge in [-0.25, -0.2) is 0 Å². The van der Waals surface area contributed by atoms with Crippen LogP contribution in [0.4, 0.5) is 0 Å². The lowest BCUT2D eigenvalue weighted by Crippen LogP contribution is -2.48. The maximum atomic E-state index is 12.6. The smallest absolute Gasteiger partial charge is 0.305 e. The normalized spacial score (nSPS) is 11.4. The fourth-order valence-corrected chi connectivity index (χ4v) is 2.70. The van der Waals surface area contributed by atoms with E-state index < -0.39 is 6.04 Å². The van der Waals surface area contributed by atoms with Crippen LogP contribution in [-0.4, -0.2) is 37.5 Å². The van der Waals surface area contributed by atoms with Crippen molar-refractivity contribution in [3.8, 4) is 0 Å². The third-order valence-electron chi connectivity index (χ3n) is 4.10. The Balaban J connectivity index is 2.01. The van der Waals surface area contributed by atoms with Crippen LogP contribution in [0.2, 0.25) is 5.02 Å². The first-order valence-electron chi connectivity index (χ1n) is 8.94. The van der Waals surface area contributed by atoms with Crippen LogP contribution in [0.1, 0.15) is 28.8 Å². The van der Waals surface area contributed by atoms with E-state index in [0.29, 0.717) is 30.0 Å². The summed E-state index contributed by atoms with van der Waals surface area (Å²) in [5.74, 6) is -0.996. The number of nitrogens with one attached hydrogen (secondary N) is 2. The van der Waals surface area contributed by atoms with Gasteiger partial charge >= 0.3 is 5.97 Å². The monoisotopic (exact) mass is 402 g/mol. The molecule has 2 aromatic carbocycles. The highest BCUT2D eigenvalue weighted by Crippen LogP contribution is 2.10. The van der Waals surface area contributed by atoms with E-state index in [-0.39, 0.29) is 24.2 Å². The standard InChI is InChI=1S/C21H23ClN2O4/c1-28-19(25)8-5-13-23-21(27)18(14-15-6-3-2-4-7-15)24-20(26)16-9-11-17(22)12-10-16/h2-4,6-7,9-12,18H,5,8,13-14H2,1H3,(H,23,27)(H,24,26). The van der Waals surface area contributed by atoms with E-state index in [1.807, 2.05) is 30.3 Å². The molecule has 0 saturated heterocycles. The Morgan fingerprint density at radius 2 is 1.71 bits per heavy atom. The van der Waals surface area contributed by atoms with Crippen molar-refractivity contribution in [2.45, 2.75) is 25.3 Å². The summed E-state index contributed by atoms with van der Waals surface area (Å²) < 4.78 is 4.58. The molecule has 0 saturated carbocycles. The number of carbonyl (C=O) groups excluding carboxylic acids is 3. The number of amides is 2. The summed E-state index contributed by atoms with van der Waals surface area (Å²) in [5.41, 5.74) is 1.34. The van der Waals surface area contributed by atoms with Crippen LogP contribution < -0.4 is 10.6 Å². The molecule has 7 heteroatoms. The largest absolute Gasteiger partial charge is 0.469 e. The zero-order chi connectivity index (χ0) is 20.4. The van der Waals surface area contributed by atoms with Crippen molar-refractivity contribution in [2.75, 3.05) is 13.7 Å². The Morgan fingerprint density at radius 3 is 2.36 bits per heavy atom. The predicted octanol–water partition coefficient (Wildman–Crippen LogP) is 2.75. The van der Waals surface area contributed by atoms with E-state index >= 15 is 0 Å². The van der Waals surface area contributed by atoms with Gasteiger partial charge in [0.1, 0.15) is 6.04 Å². The number of carbonyl (C=O) groups is 3. The zero-order valence-corrected chi connectivity index (χ0v) is 16.4. The molecule has 0 bridgehead atoms. The van der Waals surface area contributed by atoms with E-state index in [2.05, 4.69) is 15.4 Å². The number of hydrogen-bond donors (Lipinski definition) is 2. The topological polar surface area (TPSA) is 84.5 Å². The number of hydrogen-bond acceptors (Lipinski definition) is 4. The summed E-state index contributed by atoms with van der Waals surface area (Å²) in [6.45, 7) is 0.316. The van der Waals surface area contributed by atoms with E-state index in [1.165, 1.54) is 7.11 Å². The quantitative estimate of drug-likeness (QED) is 0.499. The van der Waals surface area contributed by atoms with E-state index in [0.717, 1.165) is 5.56 Å². The Hall–Kier alpha value is -2.86. The van der Waals surface area contributed by atoms with E-state index in [1.54, 1.807) is 24.3 Å². The van der Waals surface area contributed by atoms with Crippen molar-refractivity contribution in [3.05, 3.63) is 70.7 Å². The predicted molar refractivity (Wildman–Crippen MR) is 107 cm³/mol. The third-order valence-corrected chi connectivity index (χ3v) is 4.35. The molecule has 0 spiro atoms. The Labute approximate surface area is 169 Å². The minimum Gasteiger partial charge on any atom is -0.469 e. The van der Waals surface area contributed by atoms with Gasteiger partial charge in [-0.05, 0) is 36.2 Å². The molecule has 28 heavy (non-hydrogen) atoms. The van der Waals surface area contributed by atoms with Gasteiger partial charge in [0.2, 0.25) is 5.91 Å². The van der Waals surface area contributed by atoms with Crippen LogP contribution in [0.3, 0.4) is 0 Å². The molecule has 0 fully saturated rings. The number of esters is 1. The van der Waals surface area contributed by atoms with Crippen LogP contribution in [0, 0.1) is 0 Å². The van der Waals surface area contributed by atoms with Crippen molar-refractivity contribution in [2.24, 2.45) is 0 Å². The number of benzene rings is 2. The van der Waals surface area contributed by atoms with Crippen LogP contribution in [0.5, 0.6) is 0 Å². The van der Waals surface area contributed by atoms with Crippen LogP contribution in [0.25, 0.3) is 0 Å². The summed E-state index contributed by atoms with van der Waals surface area (Å²) in [6.07, 6.45) is 1.03. The lowest BCUT2D eigenvalue weighted by molar-refractivity contribution is -0.140. The van der Waals surface area contributed by atoms with Gasteiger partial charge in [-0.3, -0.25) is 14.4 Å². The molecule has 1 atom stereocenters. The van der Waals surface area contributed by atoms with Crippen LogP contribution >= 0.6 is 11.6 Å². The average Bonchev–Trinajstić information content (AvgIpc) is 2.71. The maximum Gasteiger partial charge on any atom is 0.305 e. The fraction of sp³-hybridized carbons (Fsp3) is 0.286. The summed E-state index contributed by atoms with van der Waals surface area (Å²) in [5, 5.41) is 6.07. The van der Waals surface area contributed by atoms with Crippen molar-refractivity contribution in [1.29, 1.82) is 0 Å². The van der Waals surface area contributed by atoms with Crippen molar-refractivity contribution < 1.29 is 19.1 Å². The Bertz CT molecular complexity index is 794. The molecule has 0 aromatic heterocycles. The van der Waals surface area contributed by atoms with Crippen molar-refractivity contribution >= 4 is 29.4 Å². The van der Waals surface area contributed by atoms with Gasteiger partial charge < -0.3 is 15.4 Å². The van der Waals surface area contributed by atoms with Crippen molar-refractivity contribution in [3.63, 3.8) is 0 Å². The molecule has 148 valence electrons.